The van der Waals surface area contributed by atoms with Gasteiger partial charge < -0.3 is 19.7 Å². The zero-order valence-corrected chi connectivity index (χ0v) is 17.9. The maximum Gasteiger partial charge on any atom is 0.407 e. The van der Waals surface area contributed by atoms with Crippen LogP contribution in [-0.4, -0.2) is 37.3 Å². The number of carboxylic acid groups (broad SMARTS) is 1. The number of rotatable bonds is 6. The second-order valence-corrected chi connectivity index (χ2v) is 8.91. The summed E-state index contributed by atoms with van der Waals surface area (Å²) in [6.07, 6.45) is 3.83. The molecule has 8 heteroatoms. The van der Waals surface area contributed by atoms with Crippen LogP contribution in [0.4, 0.5) is 4.79 Å². The van der Waals surface area contributed by atoms with Gasteiger partial charge in [-0.15, -0.1) is 0 Å². The predicted molar refractivity (Wildman–Crippen MR) is 116 cm³/mol. The first-order valence-corrected chi connectivity index (χ1v) is 10.4. The third-order valence-corrected chi connectivity index (χ3v) is 5.00. The maximum atomic E-state index is 12.0. The lowest BCUT2D eigenvalue weighted by molar-refractivity contribution is 0.0523. The lowest BCUT2D eigenvalue weighted by atomic mass is 10.1. The van der Waals surface area contributed by atoms with Gasteiger partial charge in [-0.1, -0.05) is 18.2 Å². The van der Waals surface area contributed by atoms with Gasteiger partial charge in [-0.05, 0) is 57.2 Å². The van der Waals surface area contributed by atoms with E-state index in [-0.39, 0.29) is 12.4 Å². The number of hydrogen-bond donors (Lipinski definition) is 2. The van der Waals surface area contributed by atoms with Gasteiger partial charge in [0.25, 0.3) is 0 Å². The van der Waals surface area contributed by atoms with Gasteiger partial charge in [0, 0.05) is 30.2 Å². The second kappa shape index (κ2) is 8.02. The van der Waals surface area contributed by atoms with E-state index in [2.05, 4.69) is 15.3 Å². The highest BCUT2D eigenvalue weighted by Crippen LogP contribution is 2.33. The first kappa shape index (κ1) is 20.8. The Bertz CT molecular complexity index is 1140. The van der Waals surface area contributed by atoms with Crippen molar-refractivity contribution in [1.29, 1.82) is 0 Å². The van der Waals surface area contributed by atoms with Crippen LogP contribution in [0.3, 0.4) is 0 Å². The van der Waals surface area contributed by atoms with Crippen molar-refractivity contribution in [3.8, 4) is 11.3 Å². The molecule has 0 spiro atoms. The summed E-state index contributed by atoms with van der Waals surface area (Å²) in [7, 11) is 0. The number of amides is 1. The van der Waals surface area contributed by atoms with Crippen LogP contribution in [0.15, 0.2) is 36.5 Å². The fraction of sp³-hybridized carbons (Fsp3) is 0.391. The van der Waals surface area contributed by atoms with Crippen LogP contribution in [0.25, 0.3) is 22.3 Å². The fourth-order valence-corrected chi connectivity index (χ4v) is 3.42. The number of carboxylic acids is 1. The molecule has 1 amide bonds. The van der Waals surface area contributed by atoms with E-state index < -0.39 is 17.7 Å². The maximum absolute atomic E-state index is 12.0. The highest BCUT2D eigenvalue weighted by molar-refractivity contribution is 5.95. The SMILES string of the molecule is CC(C)(C)OC(=O)NCc1cccc(-c2nc(C(=O)O)nc3c2ccn3CC2CC2)c1. The van der Waals surface area contributed by atoms with Crippen molar-refractivity contribution < 1.29 is 19.4 Å². The molecule has 1 aliphatic carbocycles. The van der Waals surface area contributed by atoms with E-state index in [1.54, 1.807) is 0 Å². The highest BCUT2D eigenvalue weighted by atomic mass is 16.6. The molecule has 0 unspecified atom stereocenters. The van der Waals surface area contributed by atoms with Crippen molar-refractivity contribution in [3.05, 3.63) is 47.9 Å². The van der Waals surface area contributed by atoms with E-state index in [0.29, 0.717) is 17.3 Å². The topological polar surface area (TPSA) is 106 Å². The van der Waals surface area contributed by atoms with Crippen LogP contribution < -0.4 is 5.32 Å². The summed E-state index contributed by atoms with van der Waals surface area (Å²) in [6.45, 7) is 6.54. The Morgan fingerprint density at radius 2 is 2.00 bits per heavy atom. The smallest absolute Gasteiger partial charge is 0.407 e. The molecule has 0 saturated heterocycles. The first-order valence-electron chi connectivity index (χ1n) is 10.4. The van der Waals surface area contributed by atoms with Gasteiger partial charge in [0.15, 0.2) is 0 Å². The van der Waals surface area contributed by atoms with Gasteiger partial charge in [0.1, 0.15) is 11.2 Å². The minimum atomic E-state index is -1.16. The molecule has 0 aliphatic heterocycles. The molecule has 1 fully saturated rings. The number of aromatic carboxylic acids is 1. The molecule has 0 bridgehead atoms. The van der Waals surface area contributed by atoms with Gasteiger partial charge in [-0.2, -0.15) is 0 Å². The molecule has 1 aromatic carbocycles. The number of carbonyl (C=O) groups excluding carboxylic acids is 1. The van der Waals surface area contributed by atoms with Crippen LogP contribution >= 0.6 is 0 Å². The molecular weight excluding hydrogens is 396 g/mol. The Morgan fingerprint density at radius 3 is 2.68 bits per heavy atom. The number of hydrogen-bond acceptors (Lipinski definition) is 5. The van der Waals surface area contributed by atoms with E-state index in [0.717, 1.165) is 23.1 Å². The average Bonchev–Trinajstić information content (AvgIpc) is 3.43. The van der Waals surface area contributed by atoms with Gasteiger partial charge in [0.05, 0.1) is 5.69 Å². The third-order valence-electron chi connectivity index (χ3n) is 5.00. The zero-order valence-electron chi connectivity index (χ0n) is 17.9. The molecule has 2 N–H and O–H groups in total. The average molecular weight is 422 g/mol. The normalized spacial score (nSPS) is 13.9. The number of nitrogens with one attached hydrogen (secondary N) is 1. The molecule has 2 aromatic heterocycles. The van der Waals surface area contributed by atoms with E-state index in [1.807, 2.05) is 61.9 Å². The van der Waals surface area contributed by atoms with Crippen molar-refractivity contribution in [2.45, 2.75) is 52.3 Å². The van der Waals surface area contributed by atoms with Crippen LogP contribution in [0, 0.1) is 5.92 Å². The molecule has 31 heavy (non-hydrogen) atoms. The van der Waals surface area contributed by atoms with Crippen LogP contribution in [0.1, 0.15) is 49.8 Å². The van der Waals surface area contributed by atoms with Gasteiger partial charge in [0.2, 0.25) is 5.82 Å². The predicted octanol–water partition coefficient (Wildman–Crippen LogP) is 4.23. The molecule has 4 rings (SSSR count). The largest absolute Gasteiger partial charge is 0.475 e. The second-order valence-electron chi connectivity index (χ2n) is 8.91. The number of nitrogens with zero attached hydrogens (tertiary/aromatic N) is 3. The van der Waals surface area contributed by atoms with Crippen LogP contribution in [-0.2, 0) is 17.8 Å². The monoisotopic (exact) mass is 422 g/mol. The van der Waals surface area contributed by atoms with Crippen molar-refractivity contribution in [2.75, 3.05) is 0 Å². The lowest BCUT2D eigenvalue weighted by Gasteiger charge is -2.19. The number of fused-ring (bicyclic) bond motifs is 1. The summed E-state index contributed by atoms with van der Waals surface area (Å²) in [5.74, 6) is -0.759. The summed E-state index contributed by atoms with van der Waals surface area (Å²) >= 11 is 0. The summed E-state index contributed by atoms with van der Waals surface area (Å²) < 4.78 is 7.29. The Morgan fingerprint density at radius 1 is 1.23 bits per heavy atom. The van der Waals surface area contributed by atoms with Crippen molar-refractivity contribution in [3.63, 3.8) is 0 Å². The standard InChI is InChI=1S/C23H26N4O4/c1-23(2,3)31-22(30)24-12-15-5-4-6-16(11-15)18-17-9-10-27(13-14-7-8-14)20(17)26-19(25-18)21(28)29/h4-6,9-11,14H,7-8,12-13H2,1-3H3,(H,24,30)(H,28,29). The van der Waals surface area contributed by atoms with E-state index in [9.17, 15) is 14.7 Å². The molecular formula is C23H26N4O4. The van der Waals surface area contributed by atoms with E-state index >= 15 is 0 Å². The Kier molecular flexibility index (Phi) is 5.39. The van der Waals surface area contributed by atoms with Crippen molar-refractivity contribution >= 4 is 23.1 Å². The summed E-state index contributed by atoms with van der Waals surface area (Å²) in [5.41, 5.74) is 2.24. The van der Waals surface area contributed by atoms with E-state index in [1.165, 1.54) is 12.8 Å². The molecule has 2 heterocycles. The molecule has 1 aliphatic rings. The Hall–Kier alpha value is -3.42. The zero-order chi connectivity index (χ0) is 22.2. The number of benzene rings is 1. The molecule has 1 saturated carbocycles. The first-order chi connectivity index (χ1) is 14.7. The number of carbonyl (C=O) groups is 2. The highest BCUT2D eigenvalue weighted by Gasteiger charge is 2.24. The van der Waals surface area contributed by atoms with E-state index in [4.69, 9.17) is 4.74 Å². The Balaban J connectivity index is 1.65. The molecule has 8 nitrogen and oxygen atoms in total. The minimum absolute atomic E-state index is 0.226. The van der Waals surface area contributed by atoms with Crippen LogP contribution in [0.5, 0.6) is 0 Å². The summed E-state index contributed by atoms with van der Waals surface area (Å²) in [6, 6.07) is 9.45. The molecule has 3 aromatic rings. The van der Waals surface area contributed by atoms with Gasteiger partial charge in [-0.25, -0.2) is 19.6 Å². The fourth-order valence-electron chi connectivity index (χ4n) is 3.42. The van der Waals surface area contributed by atoms with Gasteiger partial charge >= 0.3 is 12.1 Å². The Labute approximate surface area is 180 Å². The number of aromatic nitrogens is 3. The molecule has 0 atom stereocenters. The van der Waals surface area contributed by atoms with Gasteiger partial charge in [-0.3, -0.25) is 0 Å². The van der Waals surface area contributed by atoms with Crippen molar-refractivity contribution in [2.24, 2.45) is 5.92 Å². The lowest BCUT2D eigenvalue weighted by Crippen LogP contribution is -2.32. The number of ether oxygens (including phenoxy) is 1. The summed E-state index contributed by atoms with van der Waals surface area (Å²) in [4.78, 5) is 32.2. The minimum Gasteiger partial charge on any atom is -0.475 e. The summed E-state index contributed by atoms with van der Waals surface area (Å²) in [5, 5.41) is 13.1. The number of alkyl carbamates (subject to hydrolysis) is 1. The third kappa shape index (κ3) is 5.02. The van der Waals surface area contributed by atoms with Crippen LogP contribution in [0.2, 0.25) is 0 Å². The van der Waals surface area contributed by atoms with Crippen molar-refractivity contribution in [1.82, 2.24) is 19.9 Å². The molecule has 162 valence electrons. The molecule has 0 radical (unpaired) electrons. The quantitative estimate of drug-likeness (QED) is 0.616.